The summed E-state index contributed by atoms with van der Waals surface area (Å²) < 4.78 is 0. The van der Waals surface area contributed by atoms with Gasteiger partial charge >= 0.3 is 17.1 Å². The fourth-order valence-corrected chi connectivity index (χ4v) is 2.27. The van der Waals surface area contributed by atoms with Gasteiger partial charge in [-0.2, -0.15) is 0 Å². The minimum atomic E-state index is -1.75. The minimum absolute atomic E-state index is 0. The van der Waals surface area contributed by atoms with Crippen molar-refractivity contribution in [1.82, 2.24) is 0 Å². The van der Waals surface area contributed by atoms with Crippen molar-refractivity contribution in [3.8, 4) is 11.5 Å². The summed E-state index contributed by atoms with van der Waals surface area (Å²) in [5.41, 5.74) is 2.79. The maximum absolute atomic E-state index is 11.7. The first-order valence-corrected chi connectivity index (χ1v) is 8.74. The first kappa shape index (κ1) is 42.4. The van der Waals surface area contributed by atoms with Gasteiger partial charge in [0.05, 0.1) is 10.2 Å². The van der Waals surface area contributed by atoms with Crippen molar-refractivity contribution in [3.63, 3.8) is 0 Å². The molecule has 0 unspecified atom stereocenters. The molecule has 0 aliphatic carbocycles. The third-order valence-electron chi connectivity index (χ3n) is 3.57. The zero-order valence-electron chi connectivity index (χ0n) is 18.4. The Balaban J connectivity index is -0.000000219. The van der Waals surface area contributed by atoms with Crippen LogP contribution in [0.25, 0.3) is 0 Å². The molecule has 0 aliphatic rings. The molecule has 0 aromatic heterocycles. The predicted octanol–water partition coefficient (Wildman–Crippen LogP) is 1.82. The molecule has 16 heteroatoms. The monoisotopic (exact) mass is 765 g/mol. The van der Waals surface area contributed by atoms with E-state index in [4.69, 9.17) is 30.6 Å². The Kier molecular flexibility index (Phi) is 29.6. The molecule has 2 rings (SSSR count). The van der Waals surface area contributed by atoms with Gasteiger partial charge in [-0.25, -0.2) is 0 Å². The van der Waals surface area contributed by atoms with Gasteiger partial charge in [-0.05, 0) is 31.4 Å². The van der Waals surface area contributed by atoms with E-state index < -0.39 is 10.2 Å². The Labute approximate surface area is 235 Å². The summed E-state index contributed by atoms with van der Waals surface area (Å²) in [5.74, 6) is -0.00987. The quantitative estimate of drug-likeness (QED) is 0.137. The summed E-state index contributed by atoms with van der Waals surface area (Å²) in [6.07, 6.45) is 0.775. The third-order valence-corrected chi connectivity index (χ3v) is 3.57. The van der Waals surface area contributed by atoms with Crippen LogP contribution in [-0.2, 0) is 28.0 Å². The van der Waals surface area contributed by atoms with Crippen LogP contribution in [0, 0.1) is 61.8 Å². The van der Waals surface area contributed by atoms with Crippen LogP contribution in [0.2, 0.25) is 0 Å². The van der Waals surface area contributed by atoms with Gasteiger partial charge < -0.3 is 51.8 Å². The Morgan fingerprint density at radius 3 is 1.23 bits per heavy atom. The fourth-order valence-electron chi connectivity index (χ4n) is 2.27. The van der Waals surface area contributed by atoms with Crippen LogP contribution in [-0.4, -0.2) is 34.7 Å². The molecule has 2 aromatic rings. The van der Waals surface area contributed by atoms with E-state index in [0.29, 0.717) is 24.2 Å². The average Bonchev–Trinajstić information content (AvgIpc) is 2.67. The minimum Gasteiger partial charge on any atom is -2.00 e. The molecule has 0 saturated heterocycles. The molecule has 0 atom stereocenters. The summed E-state index contributed by atoms with van der Waals surface area (Å²) in [6.45, 7) is 4.91. The number of hydrogen-bond acceptors (Lipinski definition) is 10. The van der Waals surface area contributed by atoms with Gasteiger partial charge in [-0.15, -0.1) is 0 Å². The van der Waals surface area contributed by atoms with E-state index in [1.165, 1.54) is 0 Å². The van der Waals surface area contributed by atoms with Gasteiger partial charge in [0.1, 0.15) is 0 Å². The van der Waals surface area contributed by atoms with E-state index in [9.17, 15) is 10.2 Å². The second-order valence-electron chi connectivity index (χ2n) is 5.73. The van der Waals surface area contributed by atoms with Crippen molar-refractivity contribution in [1.29, 1.82) is 0 Å². The van der Waals surface area contributed by atoms with Crippen molar-refractivity contribution < 1.29 is 79.5 Å². The summed E-state index contributed by atoms with van der Waals surface area (Å²) in [6, 6.07) is 13.8. The van der Waals surface area contributed by atoms with Gasteiger partial charge in [0, 0.05) is 55.6 Å². The zero-order chi connectivity index (χ0) is 23.8. The van der Waals surface area contributed by atoms with Crippen LogP contribution in [0.4, 0.5) is 0 Å². The Morgan fingerprint density at radius 2 is 0.971 bits per heavy atom. The molecule has 0 spiro atoms. The van der Waals surface area contributed by atoms with Gasteiger partial charge in [-0.3, -0.25) is 9.98 Å². The largest absolute Gasteiger partial charge is 2.00 e. The van der Waals surface area contributed by atoms with Crippen molar-refractivity contribution in [2.24, 2.45) is 9.98 Å². The molecular weight excluding hydrogens is 746 g/mol. The molecule has 0 fully saturated rings. The zero-order valence-corrected chi connectivity index (χ0v) is 23.5. The molecule has 0 saturated carbocycles. The number of rotatable bonds is 6. The van der Waals surface area contributed by atoms with Crippen LogP contribution < -0.4 is 10.2 Å². The topological polar surface area (TPSA) is 260 Å². The SMILES string of the molecule is CC(=NCCCN=C(C)c1ccccc1[O-])c1ccccc1[O-].O=[N+]([O-])[O-].O=[N+]([O-])[O-].[Cu+2].[O-2].[O-2].[U]. The second-order valence-corrected chi connectivity index (χ2v) is 5.73. The van der Waals surface area contributed by atoms with E-state index >= 15 is 0 Å². The smallest absolute Gasteiger partial charge is 2.00 e. The van der Waals surface area contributed by atoms with Crippen molar-refractivity contribution >= 4 is 11.4 Å². The van der Waals surface area contributed by atoms with Gasteiger partial charge in [0.15, 0.2) is 0 Å². The molecule has 0 bridgehead atoms. The summed E-state index contributed by atoms with van der Waals surface area (Å²) in [7, 11) is 0. The normalized spacial score (nSPS) is 9.54. The first-order chi connectivity index (χ1) is 14.6. The van der Waals surface area contributed by atoms with Crippen molar-refractivity contribution in [2.45, 2.75) is 20.3 Å². The molecule has 14 nitrogen and oxygen atoms in total. The molecule has 1 radical (unpaired) electrons. The van der Waals surface area contributed by atoms with E-state index in [2.05, 4.69) is 9.98 Å². The molecule has 0 heterocycles. The first-order valence-electron chi connectivity index (χ1n) is 8.74. The van der Waals surface area contributed by atoms with Crippen molar-refractivity contribution in [2.75, 3.05) is 13.1 Å². The van der Waals surface area contributed by atoms with Crippen LogP contribution in [0.1, 0.15) is 31.4 Å². The van der Waals surface area contributed by atoms with Crippen LogP contribution in [0.5, 0.6) is 11.5 Å². The van der Waals surface area contributed by atoms with Crippen LogP contribution >= 0.6 is 0 Å². The number of benzene rings is 2. The molecule has 0 aliphatic heterocycles. The van der Waals surface area contributed by atoms with Gasteiger partial charge in [-0.1, -0.05) is 60.0 Å². The summed E-state index contributed by atoms with van der Waals surface area (Å²) >= 11 is 0. The fraction of sp³-hybridized carbons (Fsp3) is 0.263. The molecule has 0 amide bonds. The molecule has 35 heavy (non-hydrogen) atoms. The maximum atomic E-state index is 11.7. The number of aliphatic imine (C=N–C) groups is 2. The Hall–Kier alpha value is -2.73. The van der Waals surface area contributed by atoms with Crippen molar-refractivity contribution in [3.05, 3.63) is 90.3 Å². The Bertz CT molecular complexity index is 851. The second kappa shape index (κ2) is 24.4. The van der Waals surface area contributed by atoms with E-state index in [-0.39, 0.29) is 70.6 Å². The molecule has 0 N–H and O–H groups in total. The standard InChI is InChI=1S/C19H22N2O2.Cu.2NO3.2O.U/c1-14(16-8-3-5-10-18(16)22)20-12-7-13-21-15(2)17-9-4-6-11-19(17)23;;2*2-1(3)4;;;/h3-6,8-11,22-23H,7,12-13H2,1-2H3;;;;;;/q;+2;2*-1;2*-2;/p-2. The van der Waals surface area contributed by atoms with Crippen LogP contribution in [0.3, 0.4) is 0 Å². The number of hydrogen-bond donors (Lipinski definition) is 0. The molecular formula is C19H20CuN4O10U-6. The van der Waals surface area contributed by atoms with E-state index in [1.807, 2.05) is 26.0 Å². The molecule has 197 valence electrons. The van der Waals surface area contributed by atoms with Gasteiger partial charge in [0.25, 0.3) is 0 Å². The maximum Gasteiger partial charge on any atom is 2.00 e. The number of nitrogens with zero attached hydrogens (tertiary/aromatic N) is 4. The Morgan fingerprint density at radius 1 is 0.714 bits per heavy atom. The number of para-hydroxylation sites is 2. The molecule has 2 aromatic carbocycles. The predicted molar refractivity (Wildman–Crippen MR) is 113 cm³/mol. The van der Waals surface area contributed by atoms with Gasteiger partial charge in [0.2, 0.25) is 0 Å². The third kappa shape index (κ3) is 21.5. The van der Waals surface area contributed by atoms with Crippen LogP contribution in [0.15, 0.2) is 58.5 Å². The average molecular weight is 766 g/mol. The van der Waals surface area contributed by atoms with E-state index in [1.54, 1.807) is 36.4 Å². The van der Waals surface area contributed by atoms with E-state index in [0.717, 1.165) is 17.8 Å². The summed E-state index contributed by atoms with van der Waals surface area (Å²) in [5, 5.41) is 52.9. The summed E-state index contributed by atoms with van der Waals surface area (Å²) in [4.78, 5) is 25.4.